The van der Waals surface area contributed by atoms with Gasteiger partial charge in [0.05, 0.1) is 23.1 Å². The number of nitrogens with one attached hydrogen (secondary N) is 2. The summed E-state index contributed by atoms with van der Waals surface area (Å²) in [6, 6.07) is 18.7. The van der Waals surface area contributed by atoms with Crippen LogP contribution in [0.4, 0.5) is 4.39 Å². The van der Waals surface area contributed by atoms with E-state index in [0.717, 1.165) is 27.8 Å². The third kappa shape index (κ3) is 5.28. The lowest BCUT2D eigenvalue weighted by Gasteiger charge is -2.22. The molecule has 0 aliphatic heterocycles. The van der Waals surface area contributed by atoms with Crippen LogP contribution in [0.1, 0.15) is 29.2 Å². The van der Waals surface area contributed by atoms with Gasteiger partial charge in [0.2, 0.25) is 11.8 Å². The van der Waals surface area contributed by atoms with Crippen molar-refractivity contribution < 1.29 is 24.3 Å². The van der Waals surface area contributed by atoms with Gasteiger partial charge in [0.15, 0.2) is 0 Å². The van der Waals surface area contributed by atoms with Gasteiger partial charge in [-0.1, -0.05) is 66.2 Å². The fourth-order valence-corrected chi connectivity index (χ4v) is 4.52. The molecule has 0 spiro atoms. The smallest absolute Gasteiger partial charge is 0.244 e. The van der Waals surface area contributed by atoms with Gasteiger partial charge in [-0.2, -0.15) is 0 Å². The second-order valence-electron chi connectivity index (χ2n) is 8.42. The molecule has 0 fully saturated rings. The van der Waals surface area contributed by atoms with E-state index in [1.54, 1.807) is 17.6 Å². The summed E-state index contributed by atoms with van der Waals surface area (Å²) in [5.74, 6) is -2.32. The van der Waals surface area contributed by atoms with E-state index in [4.69, 9.17) is 16.8 Å². The summed E-state index contributed by atoms with van der Waals surface area (Å²) in [6.45, 7) is 0. The van der Waals surface area contributed by atoms with E-state index in [0.29, 0.717) is 6.42 Å². The highest BCUT2D eigenvalue weighted by molar-refractivity contribution is 6.31. The van der Waals surface area contributed by atoms with Gasteiger partial charge < -0.3 is 10.4 Å². The van der Waals surface area contributed by atoms with Crippen molar-refractivity contribution in [3.8, 4) is 11.1 Å². The summed E-state index contributed by atoms with van der Waals surface area (Å²) in [7, 11) is 0. The lowest BCUT2D eigenvalue weighted by Crippen LogP contribution is -2.40. The Bertz CT molecular complexity index is 1200. The Kier molecular flexibility index (Phi) is 7.26. The number of aliphatic hydroxyl groups excluding tert-OH is 1. The fourth-order valence-electron chi connectivity index (χ4n) is 4.34. The standard InChI is InChI=1S/C26H24ClFN2O4/c27-21-12-17(9-10-22(21)28)16-7-5-15(6-8-16)11-19(14-24(32)30-34)26(33)29-25-20-4-2-1-3-18(20)13-23(25)31/h1-10,12,19,23,25,31,34H,11,13-14H2,(H,29,33)(H,30,32)/t19-,23-,25+/m1/s1. The fraction of sp³-hybridized carbons (Fsp3) is 0.231. The molecule has 34 heavy (non-hydrogen) atoms. The van der Waals surface area contributed by atoms with Gasteiger partial charge in [-0.3, -0.25) is 14.8 Å². The van der Waals surface area contributed by atoms with Crippen LogP contribution in [0.25, 0.3) is 11.1 Å². The third-order valence-electron chi connectivity index (χ3n) is 6.12. The van der Waals surface area contributed by atoms with Crippen molar-refractivity contribution in [1.29, 1.82) is 0 Å². The number of halogens is 2. The molecule has 3 aromatic carbocycles. The molecular formula is C26H24ClFN2O4. The van der Waals surface area contributed by atoms with Crippen LogP contribution in [0.5, 0.6) is 0 Å². The van der Waals surface area contributed by atoms with E-state index < -0.39 is 35.7 Å². The number of hydrogen-bond donors (Lipinski definition) is 4. The second kappa shape index (κ2) is 10.3. The number of hydroxylamine groups is 1. The number of carbonyl (C=O) groups is 2. The molecule has 1 aliphatic rings. The summed E-state index contributed by atoms with van der Waals surface area (Å²) in [5.41, 5.74) is 5.79. The zero-order valence-corrected chi connectivity index (χ0v) is 18.9. The first kappa shape index (κ1) is 23.9. The third-order valence-corrected chi connectivity index (χ3v) is 6.41. The Balaban J connectivity index is 1.50. The van der Waals surface area contributed by atoms with Gasteiger partial charge in [0.25, 0.3) is 0 Å². The van der Waals surface area contributed by atoms with Crippen molar-refractivity contribution in [1.82, 2.24) is 10.8 Å². The quantitative estimate of drug-likeness (QED) is 0.302. The van der Waals surface area contributed by atoms with Gasteiger partial charge in [-0.05, 0) is 46.4 Å². The number of benzene rings is 3. The first-order chi connectivity index (χ1) is 16.4. The highest BCUT2D eigenvalue weighted by atomic mass is 35.5. The summed E-state index contributed by atoms with van der Waals surface area (Å²) in [5, 5.41) is 22.4. The Hall–Kier alpha value is -3.26. The molecule has 0 aromatic heterocycles. The number of carbonyl (C=O) groups excluding carboxylic acids is 2. The van der Waals surface area contributed by atoms with E-state index in [2.05, 4.69) is 5.32 Å². The van der Waals surface area contributed by atoms with Crippen LogP contribution in [-0.2, 0) is 22.4 Å². The van der Waals surface area contributed by atoms with Crippen molar-refractivity contribution in [2.45, 2.75) is 31.4 Å². The van der Waals surface area contributed by atoms with E-state index in [9.17, 15) is 19.1 Å². The first-order valence-corrected chi connectivity index (χ1v) is 11.3. The summed E-state index contributed by atoms with van der Waals surface area (Å²) in [6.07, 6.45) is -0.288. The lowest BCUT2D eigenvalue weighted by molar-refractivity contribution is -0.135. The SMILES string of the molecule is O=C(C[C@@H](Cc1ccc(-c2ccc(F)c(Cl)c2)cc1)C(=O)N[C@H]1c2ccccc2C[C@H]1O)NO. The molecular weight excluding hydrogens is 459 g/mol. The molecule has 176 valence electrons. The van der Waals surface area contributed by atoms with Crippen LogP contribution in [0, 0.1) is 11.7 Å². The van der Waals surface area contributed by atoms with Crippen LogP contribution in [0.3, 0.4) is 0 Å². The molecule has 3 aromatic rings. The van der Waals surface area contributed by atoms with Gasteiger partial charge in [-0.15, -0.1) is 0 Å². The molecule has 0 bridgehead atoms. The van der Waals surface area contributed by atoms with Crippen LogP contribution in [0.15, 0.2) is 66.7 Å². The molecule has 0 saturated heterocycles. The normalized spacial score (nSPS) is 17.6. The molecule has 0 unspecified atom stereocenters. The number of fused-ring (bicyclic) bond motifs is 1. The summed E-state index contributed by atoms with van der Waals surface area (Å²) < 4.78 is 13.4. The molecule has 2 amide bonds. The second-order valence-corrected chi connectivity index (χ2v) is 8.83. The average molecular weight is 483 g/mol. The molecule has 3 atom stereocenters. The minimum absolute atomic E-state index is 0.0315. The summed E-state index contributed by atoms with van der Waals surface area (Å²) >= 11 is 5.88. The Morgan fingerprint density at radius 1 is 1.06 bits per heavy atom. The number of hydrogen-bond acceptors (Lipinski definition) is 4. The maximum Gasteiger partial charge on any atom is 0.244 e. The van der Waals surface area contributed by atoms with Crippen LogP contribution in [-0.4, -0.2) is 28.2 Å². The maximum atomic E-state index is 13.4. The topological polar surface area (TPSA) is 98.7 Å². The van der Waals surface area contributed by atoms with Crippen molar-refractivity contribution in [3.63, 3.8) is 0 Å². The molecule has 8 heteroatoms. The molecule has 6 nitrogen and oxygen atoms in total. The van der Waals surface area contributed by atoms with E-state index >= 15 is 0 Å². The number of aliphatic hydroxyl groups is 1. The van der Waals surface area contributed by atoms with E-state index in [1.807, 2.05) is 48.5 Å². The van der Waals surface area contributed by atoms with Crippen molar-refractivity contribution in [2.24, 2.45) is 5.92 Å². The van der Waals surface area contributed by atoms with Gasteiger partial charge >= 0.3 is 0 Å². The zero-order valence-electron chi connectivity index (χ0n) is 18.2. The zero-order chi connectivity index (χ0) is 24.2. The molecule has 4 rings (SSSR count). The maximum absolute atomic E-state index is 13.4. The van der Waals surface area contributed by atoms with Crippen molar-refractivity contribution in [2.75, 3.05) is 0 Å². The van der Waals surface area contributed by atoms with E-state index in [1.165, 1.54) is 6.07 Å². The highest BCUT2D eigenvalue weighted by Gasteiger charge is 2.34. The Labute approximate surface area is 201 Å². The summed E-state index contributed by atoms with van der Waals surface area (Å²) in [4.78, 5) is 25.0. The molecule has 1 aliphatic carbocycles. The lowest BCUT2D eigenvalue weighted by atomic mass is 9.93. The van der Waals surface area contributed by atoms with Gasteiger partial charge in [0, 0.05) is 12.8 Å². The highest BCUT2D eigenvalue weighted by Crippen LogP contribution is 2.32. The molecule has 4 N–H and O–H groups in total. The predicted molar refractivity (Wildman–Crippen MR) is 126 cm³/mol. The van der Waals surface area contributed by atoms with Crippen LogP contribution < -0.4 is 10.8 Å². The van der Waals surface area contributed by atoms with Gasteiger partial charge in [0.1, 0.15) is 5.82 Å². The molecule has 0 saturated carbocycles. The van der Waals surface area contributed by atoms with Crippen molar-refractivity contribution in [3.05, 3.63) is 94.3 Å². The monoisotopic (exact) mass is 482 g/mol. The Morgan fingerprint density at radius 3 is 2.47 bits per heavy atom. The average Bonchev–Trinajstić information content (AvgIpc) is 3.15. The predicted octanol–water partition coefficient (Wildman–Crippen LogP) is 3.97. The number of rotatable bonds is 7. The first-order valence-electron chi connectivity index (χ1n) is 10.9. The Morgan fingerprint density at radius 2 is 1.76 bits per heavy atom. The largest absolute Gasteiger partial charge is 0.390 e. The van der Waals surface area contributed by atoms with E-state index in [-0.39, 0.29) is 17.9 Å². The van der Waals surface area contributed by atoms with Gasteiger partial charge in [-0.25, -0.2) is 9.87 Å². The molecule has 0 radical (unpaired) electrons. The minimum atomic E-state index is -0.766. The minimum Gasteiger partial charge on any atom is -0.390 e. The van der Waals surface area contributed by atoms with Crippen LogP contribution >= 0.6 is 11.6 Å². The van der Waals surface area contributed by atoms with Crippen LogP contribution in [0.2, 0.25) is 5.02 Å². The van der Waals surface area contributed by atoms with Crippen molar-refractivity contribution >= 4 is 23.4 Å². The number of amides is 2. The molecule has 0 heterocycles.